The van der Waals surface area contributed by atoms with Gasteiger partial charge in [-0.15, -0.1) is 0 Å². The van der Waals surface area contributed by atoms with Crippen molar-refractivity contribution in [1.29, 1.82) is 0 Å². The van der Waals surface area contributed by atoms with Crippen LogP contribution in [0.5, 0.6) is 0 Å². The lowest BCUT2D eigenvalue weighted by atomic mass is 9.70. The third kappa shape index (κ3) is 3.66. The molecule has 0 heterocycles. The van der Waals surface area contributed by atoms with Gasteiger partial charge in [0.2, 0.25) is 0 Å². The number of hydrogen-bond donors (Lipinski definition) is 1. The summed E-state index contributed by atoms with van der Waals surface area (Å²) in [5, 5.41) is 3.99. The Morgan fingerprint density at radius 1 is 0.952 bits per heavy atom. The van der Waals surface area contributed by atoms with Gasteiger partial charge >= 0.3 is 0 Å². The molecule has 1 nitrogen and oxygen atoms in total. The van der Waals surface area contributed by atoms with Crippen LogP contribution in [0.15, 0.2) is 0 Å². The van der Waals surface area contributed by atoms with Crippen LogP contribution in [0.4, 0.5) is 0 Å². The van der Waals surface area contributed by atoms with E-state index in [2.05, 4.69) is 19.2 Å². The first-order valence-electron chi connectivity index (χ1n) is 10.0. The van der Waals surface area contributed by atoms with E-state index >= 15 is 0 Å². The number of nitrogens with one attached hydrogen (secondary N) is 1. The Morgan fingerprint density at radius 2 is 1.81 bits per heavy atom. The van der Waals surface area contributed by atoms with Crippen molar-refractivity contribution in [1.82, 2.24) is 5.32 Å². The highest BCUT2D eigenvalue weighted by Gasteiger charge is 2.41. The average Bonchev–Trinajstić information content (AvgIpc) is 3.14. The van der Waals surface area contributed by atoms with E-state index in [1.54, 1.807) is 25.7 Å². The Hall–Kier alpha value is -0.0400. The van der Waals surface area contributed by atoms with E-state index in [0.29, 0.717) is 0 Å². The number of rotatable bonds is 7. The van der Waals surface area contributed by atoms with E-state index in [1.807, 2.05) is 0 Å². The Morgan fingerprint density at radius 3 is 2.48 bits per heavy atom. The van der Waals surface area contributed by atoms with E-state index in [9.17, 15) is 0 Å². The molecule has 0 aliphatic heterocycles. The van der Waals surface area contributed by atoms with E-state index in [4.69, 9.17) is 0 Å². The normalized spacial score (nSPS) is 40.6. The molecule has 0 aromatic carbocycles. The van der Waals surface area contributed by atoms with Crippen molar-refractivity contribution in [3.63, 3.8) is 0 Å². The Balaban J connectivity index is 1.62. The zero-order chi connectivity index (χ0) is 14.7. The molecule has 0 saturated heterocycles. The van der Waals surface area contributed by atoms with Gasteiger partial charge in [0.1, 0.15) is 0 Å². The lowest BCUT2D eigenvalue weighted by molar-refractivity contribution is 0.144. The first kappa shape index (κ1) is 15.8. The van der Waals surface area contributed by atoms with E-state index in [1.165, 1.54) is 51.5 Å². The van der Waals surface area contributed by atoms with Crippen LogP contribution in [0.1, 0.15) is 84.5 Å². The van der Waals surface area contributed by atoms with Gasteiger partial charge in [-0.05, 0) is 74.7 Å². The molecule has 3 fully saturated rings. The molecule has 122 valence electrons. The Kier molecular flexibility index (Phi) is 5.65. The van der Waals surface area contributed by atoms with Crippen molar-refractivity contribution in [3.05, 3.63) is 0 Å². The quantitative estimate of drug-likeness (QED) is 0.662. The molecule has 0 aromatic heterocycles. The van der Waals surface area contributed by atoms with Crippen LogP contribution >= 0.6 is 0 Å². The van der Waals surface area contributed by atoms with E-state index in [0.717, 1.165) is 35.6 Å². The summed E-state index contributed by atoms with van der Waals surface area (Å²) in [6, 6.07) is 0.833. The third-order valence-electron chi connectivity index (χ3n) is 7.11. The minimum absolute atomic E-state index is 0.833. The molecule has 21 heavy (non-hydrogen) atoms. The molecule has 0 spiro atoms. The summed E-state index contributed by atoms with van der Waals surface area (Å²) in [6.07, 6.45) is 16.4. The smallest absolute Gasteiger partial charge is 0.0101 e. The molecule has 1 heteroatoms. The molecule has 3 rings (SSSR count). The van der Waals surface area contributed by atoms with Gasteiger partial charge in [0.25, 0.3) is 0 Å². The molecule has 6 unspecified atom stereocenters. The Labute approximate surface area is 132 Å². The van der Waals surface area contributed by atoms with E-state index < -0.39 is 0 Å². The Bertz CT molecular complexity index is 313. The van der Waals surface area contributed by atoms with Crippen LogP contribution in [-0.4, -0.2) is 12.6 Å². The van der Waals surface area contributed by atoms with Crippen molar-refractivity contribution in [2.45, 2.75) is 90.5 Å². The summed E-state index contributed by atoms with van der Waals surface area (Å²) in [6.45, 7) is 5.98. The predicted molar refractivity (Wildman–Crippen MR) is 91.4 cm³/mol. The highest BCUT2D eigenvalue weighted by Crippen LogP contribution is 2.51. The minimum atomic E-state index is 0.833. The fourth-order valence-corrected chi connectivity index (χ4v) is 6.00. The maximum absolute atomic E-state index is 3.99. The molecule has 6 atom stereocenters. The molecule has 2 bridgehead atoms. The van der Waals surface area contributed by atoms with Crippen molar-refractivity contribution < 1.29 is 0 Å². The molecule has 0 amide bonds. The predicted octanol–water partition coefficient (Wildman–Crippen LogP) is 5.40. The third-order valence-corrected chi connectivity index (χ3v) is 7.11. The molecule has 3 aliphatic rings. The second-order valence-electron chi connectivity index (χ2n) is 8.35. The molecular weight excluding hydrogens is 254 g/mol. The van der Waals surface area contributed by atoms with Gasteiger partial charge in [-0.25, -0.2) is 0 Å². The zero-order valence-corrected chi connectivity index (χ0v) is 14.4. The maximum atomic E-state index is 3.99. The first-order chi connectivity index (χ1) is 10.3. The van der Waals surface area contributed by atoms with Crippen LogP contribution in [0, 0.1) is 29.6 Å². The van der Waals surface area contributed by atoms with E-state index in [-0.39, 0.29) is 0 Å². The molecule has 3 saturated carbocycles. The highest BCUT2D eigenvalue weighted by molar-refractivity contribution is 4.94. The summed E-state index contributed by atoms with van der Waals surface area (Å²) in [5.41, 5.74) is 0. The standard InChI is InChI=1S/C20H37N/c1-3-11-21-20(19-8-6-5-7-16(19)4-2)14-18-13-15-9-10-17(18)12-15/h15-21H,3-14H2,1-2H3. The fraction of sp³-hybridized carbons (Fsp3) is 1.00. The van der Waals surface area contributed by atoms with Crippen LogP contribution in [0.25, 0.3) is 0 Å². The summed E-state index contributed by atoms with van der Waals surface area (Å²) < 4.78 is 0. The monoisotopic (exact) mass is 291 g/mol. The van der Waals surface area contributed by atoms with Crippen molar-refractivity contribution in [2.75, 3.05) is 6.54 Å². The van der Waals surface area contributed by atoms with Crippen LogP contribution < -0.4 is 5.32 Å². The number of fused-ring (bicyclic) bond motifs is 2. The molecule has 1 N–H and O–H groups in total. The van der Waals surface area contributed by atoms with Crippen molar-refractivity contribution in [2.24, 2.45) is 29.6 Å². The van der Waals surface area contributed by atoms with Gasteiger partial charge in [-0.1, -0.05) is 46.0 Å². The van der Waals surface area contributed by atoms with Gasteiger partial charge in [-0.3, -0.25) is 0 Å². The highest BCUT2D eigenvalue weighted by atomic mass is 14.9. The van der Waals surface area contributed by atoms with Crippen LogP contribution in [-0.2, 0) is 0 Å². The summed E-state index contributed by atoms with van der Waals surface area (Å²) in [4.78, 5) is 0. The zero-order valence-electron chi connectivity index (χ0n) is 14.4. The fourth-order valence-electron chi connectivity index (χ4n) is 6.00. The summed E-state index contributed by atoms with van der Waals surface area (Å²) in [5.74, 6) is 5.27. The van der Waals surface area contributed by atoms with Gasteiger partial charge in [-0.2, -0.15) is 0 Å². The van der Waals surface area contributed by atoms with Crippen molar-refractivity contribution >= 4 is 0 Å². The SMILES string of the molecule is CCCNC(CC1CC2CCC1C2)C1CCCCC1CC. The first-order valence-corrected chi connectivity index (χ1v) is 10.0. The van der Waals surface area contributed by atoms with Gasteiger partial charge < -0.3 is 5.32 Å². The molecule has 3 aliphatic carbocycles. The summed E-state index contributed by atoms with van der Waals surface area (Å²) >= 11 is 0. The topological polar surface area (TPSA) is 12.0 Å². The van der Waals surface area contributed by atoms with Gasteiger partial charge in [0, 0.05) is 6.04 Å². The van der Waals surface area contributed by atoms with Crippen LogP contribution in [0.2, 0.25) is 0 Å². The molecule has 0 radical (unpaired) electrons. The minimum Gasteiger partial charge on any atom is -0.314 e. The van der Waals surface area contributed by atoms with Crippen molar-refractivity contribution in [3.8, 4) is 0 Å². The maximum Gasteiger partial charge on any atom is 0.0101 e. The second-order valence-corrected chi connectivity index (χ2v) is 8.35. The lowest BCUT2D eigenvalue weighted by Crippen LogP contribution is -2.43. The van der Waals surface area contributed by atoms with Gasteiger partial charge in [0.15, 0.2) is 0 Å². The second kappa shape index (κ2) is 7.49. The largest absolute Gasteiger partial charge is 0.314 e. The van der Waals surface area contributed by atoms with Crippen LogP contribution in [0.3, 0.4) is 0 Å². The average molecular weight is 292 g/mol. The molecular formula is C20H37N. The lowest BCUT2D eigenvalue weighted by Gasteiger charge is -2.39. The summed E-state index contributed by atoms with van der Waals surface area (Å²) in [7, 11) is 0. The van der Waals surface area contributed by atoms with Gasteiger partial charge in [0.05, 0.1) is 0 Å². The number of hydrogen-bond acceptors (Lipinski definition) is 1. The molecule has 0 aromatic rings.